The third-order valence-electron chi connectivity index (χ3n) is 4.53. The number of hydrogen-bond donors (Lipinski definition) is 0. The minimum absolute atomic E-state index is 0.0274. The lowest BCUT2D eigenvalue weighted by Gasteiger charge is -2.20. The second-order valence-corrected chi connectivity index (χ2v) is 6.20. The number of fused-ring (bicyclic) bond motifs is 1. The van der Waals surface area contributed by atoms with Crippen molar-refractivity contribution in [1.82, 2.24) is 0 Å². The highest BCUT2D eigenvalue weighted by Gasteiger charge is 2.19. The molecule has 0 amide bonds. The molecule has 0 heterocycles. The number of Topliss-reactive ketones (excluding diaryl/α,β-unsaturated/α-hetero) is 1. The van der Waals surface area contributed by atoms with Crippen LogP contribution in [0.2, 0.25) is 0 Å². The third-order valence-corrected chi connectivity index (χ3v) is 4.53. The van der Waals surface area contributed by atoms with E-state index < -0.39 is 0 Å². The first kappa shape index (κ1) is 16.0. The van der Waals surface area contributed by atoms with Gasteiger partial charge < -0.3 is 0 Å². The molecule has 0 aliphatic heterocycles. The van der Waals surface area contributed by atoms with Crippen molar-refractivity contribution in [2.45, 2.75) is 26.2 Å². The van der Waals surface area contributed by atoms with Gasteiger partial charge in [0.05, 0.1) is 11.6 Å². The molecule has 3 aromatic rings. The predicted octanol–water partition coefficient (Wildman–Crippen LogP) is 5.13. The summed E-state index contributed by atoms with van der Waals surface area (Å²) in [5, 5.41) is 11.6. The highest BCUT2D eigenvalue weighted by molar-refractivity contribution is 5.87. The Morgan fingerprint density at radius 2 is 1.88 bits per heavy atom. The van der Waals surface area contributed by atoms with Gasteiger partial charge in [0.15, 0.2) is 0 Å². The average Bonchev–Trinajstić information content (AvgIpc) is 2.60. The Labute approximate surface area is 142 Å². The van der Waals surface area contributed by atoms with Gasteiger partial charge in [-0.05, 0) is 53.4 Å². The molecular weight excluding hydrogens is 294 g/mol. The Morgan fingerprint density at radius 1 is 1.08 bits per heavy atom. The van der Waals surface area contributed by atoms with Crippen LogP contribution in [-0.4, -0.2) is 5.78 Å². The molecule has 0 N–H and O–H groups in total. The van der Waals surface area contributed by atoms with Gasteiger partial charge in [-0.25, -0.2) is 0 Å². The highest BCUT2D eigenvalue weighted by atomic mass is 16.1. The standard InChI is InChI=1S/C22H19NO/c1-15(24)12-22(19-8-5-6-17(13-19)14-23)21-11-10-18-7-3-4-9-20(18)16(21)2/h3-11,13,22H,12H2,1-2H3. The number of benzene rings is 3. The Balaban J connectivity index is 2.17. The minimum Gasteiger partial charge on any atom is -0.300 e. The number of carbonyl (C=O) groups excluding carboxylic acids is 1. The van der Waals surface area contributed by atoms with Crippen LogP contribution in [0.1, 0.15) is 41.5 Å². The summed E-state index contributed by atoms with van der Waals surface area (Å²) in [4.78, 5) is 11.9. The zero-order valence-electron chi connectivity index (χ0n) is 13.9. The maximum Gasteiger partial charge on any atom is 0.130 e. The van der Waals surface area contributed by atoms with Gasteiger partial charge in [-0.15, -0.1) is 0 Å². The van der Waals surface area contributed by atoms with Gasteiger partial charge in [0.1, 0.15) is 5.78 Å². The number of rotatable bonds is 4. The van der Waals surface area contributed by atoms with E-state index in [0.29, 0.717) is 12.0 Å². The first-order valence-electron chi connectivity index (χ1n) is 8.08. The minimum atomic E-state index is -0.0274. The smallest absolute Gasteiger partial charge is 0.130 e. The molecule has 3 aromatic carbocycles. The van der Waals surface area contributed by atoms with E-state index in [1.54, 1.807) is 13.0 Å². The lowest BCUT2D eigenvalue weighted by Crippen LogP contribution is -2.08. The summed E-state index contributed by atoms with van der Waals surface area (Å²) in [5.41, 5.74) is 3.99. The molecule has 0 spiro atoms. The van der Waals surface area contributed by atoms with Crippen LogP contribution in [0.5, 0.6) is 0 Å². The van der Waals surface area contributed by atoms with E-state index in [4.69, 9.17) is 0 Å². The number of aryl methyl sites for hydroxylation is 1. The van der Waals surface area contributed by atoms with Crippen LogP contribution in [-0.2, 0) is 4.79 Å². The fourth-order valence-electron chi connectivity index (χ4n) is 3.34. The molecule has 0 aliphatic rings. The second-order valence-electron chi connectivity index (χ2n) is 6.20. The van der Waals surface area contributed by atoms with Crippen LogP contribution < -0.4 is 0 Å². The van der Waals surface area contributed by atoms with Crippen LogP contribution in [0.15, 0.2) is 60.7 Å². The molecular formula is C22H19NO. The van der Waals surface area contributed by atoms with Gasteiger partial charge >= 0.3 is 0 Å². The monoisotopic (exact) mass is 313 g/mol. The van der Waals surface area contributed by atoms with E-state index in [0.717, 1.165) is 11.1 Å². The predicted molar refractivity (Wildman–Crippen MR) is 97.0 cm³/mol. The quantitative estimate of drug-likeness (QED) is 0.670. The summed E-state index contributed by atoms with van der Waals surface area (Å²) in [6, 6.07) is 22.3. The van der Waals surface area contributed by atoms with Crippen LogP contribution >= 0.6 is 0 Å². The van der Waals surface area contributed by atoms with Crippen molar-refractivity contribution in [3.05, 3.63) is 82.9 Å². The van der Waals surface area contributed by atoms with Crippen molar-refractivity contribution >= 4 is 16.6 Å². The summed E-state index contributed by atoms with van der Waals surface area (Å²) >= 11 is 0. The maximum atomic E-state index is 11.9. The maximum absolute atomic E-state index is 11.9. The molecule has 0 radical (unpaired) electrons. The molecule has 3 rings (SSSR count). The molecule has 0 bridgehead atoms. The van der Waals surface area contributed by atoms with E-state index in [-0.39, 0.29) is 11.7 Å². The van der Waals surface area contributed by atoms with E-state index in [1.165, 1.54) is 16.3 Å². The van der Waals surface area contributed by atoms with Crippen LogP contribution in [0.4, 0.5) is 0 Å². The number of nitrogens with zero attached hydrogens (tertiary/aromatic N) is 1. The van der Waals surface area contributed by atoms with Crippen LogP contribution in [0, 0.1) is 18.3 Å². The van der Waals surface area contributed by atoms with E-state index in [9.17, 15) is 10.1 Å². The summed E-state index contributed by atoms with van der Waals surface area (Å²) in [6.07, 6.45) is 0.439. The van der Waals surface area contributed by atoms with Crippen LogP contribution in [0.25, 0.3) is 10.8 Å². The van der Waals surface area contributed by atoms with Crippen LogP contribution in [0.3, 0.4) is 0 Å². The number of ketones is 1. The molecule has 2 nitrogen and oxygen atoms in total. The van der Waals surface area contributed by atoms with Crippen molar-refractivity contribution in [3.63, 3.8) is 0 Å². The van der Waals surface area contributed by atoms with Crippen molar-refractivity contribution in [2.75, 3.05) is 0 Å². The first-order chi connectivity index (χ1) is 11.6. The Morgan fingerprint density at radius 3 is 2.62 bits per heavy atom. The lowest BCUT2D eigenvalue weighted by molar-refractivity contribution is -0.117. The van der Waals surface area contributed by atoms with Gasteiger partial charge in [0.2, 0.25) is 0 Å². The third kappa shape index (κ3) is 3.07. The zero-order valence-corrected chi connectivity index (χ0v) is 13.9. The number of carbonyl (C=O) groups is 1. The van der Waals surface area contributed by atoms with Crippen molar-refractivity contribution in [1.29, 1.82) is 5.26 Å². The summed E-state index contributed by atoms with van der Waals surface area (Å²) < 4.78 is 0. The molecule has 24 heavy (non-hydrogen) atoms. The molecule has 0 fully saturated rings. The van der Waals surface area contributed by atoms with Gasteiger partial charge in [-0.1, -0.05) is 48.5 Å². The molecule has 2 heteroatoms. The van der Waals surface area contributed by atoms with E-state index >= 15 is 0 Å². The SMILES string of the molecule is CC(=O)CC(c1cccc(C#N)c1)c1ccc2ccccc2c1C. The molecule has 0 aromatic heterocycles. The van der Waals surface area contributed by atoms with Crippen molar-refractivity contribution < 1.29 is 4.79 Å². The lowest BCUT2D eigenvalue weighted by atomic mass is 9.83. The van der Waals surface area contributed by atoms with Gasteiger partial charge in [-0.2, -0.15) is 5.26 Å². The van der Waals surface area contributed by atoms with Gasteiger partial charge in [0.25, 0.3) is 0 Å². The average molecular weight is 313 g/mol. The van der Waals surface area contributed by atoms with Crippen molar-refractivity contribution in [3.8, 4) is 6.07 Å². The van der Waals surface area contributed by atoms with E-state index in [2.05, 4.69) is 37.3 Å². The molecule has 0 aliphatic carbocycles. The normalized spacial score (nSPS) is 11.9. The largest absolute Gasteiger partial charge is 0.300 e. The number of hydrogen-bond acceptors (Lipinski definition) is 2. The number of nitriles is 1. The summed E-state index contributed by atoms with van der Waals surface area (Å²) in [6.45, 7) is 3.73. The molecule has 118 valence electrons. The molecule has 1 unspecified atom stereocenters. The summed E-state index contributed by atoms with van der Waals surface area (Å²) in [7, 11) is 0. The van der Waals surface area contributed by atoms with Crippen molar-refractivity contribution in [2.24, 2.45) is 0 Å². The Hall–Kier alpha value is -2.92. The van der Waals surface area contributed by atoms with Gasteiger partial charge in [0, 0.05) is 12.3 Å². The Bertz CT molecular complexity index is 950. The zero-order chi connectivity index (χ0) is 17.1. The summed E-state index contributed by atoms with van der Waals surface area (Å²) in [5.74, 6) is 0.121. The molecule has 1 atom stereocenters. The first-order valence-corrected chi connectivity index (χ1v) is 8.08. The van der Waals surface area contributed by atoms with Gasteiger partial charge in [-0.3, -0.25) is 4.79 Å². The molecule has 0 saturated carbocycles. The van der Waals surface area contributed by atoms with E-state index in [1.807, 2.05) is 30.3 Å². The topological polar surface area (TPSA) is 40.9 Å². The second kappa shape index (κ2) is 6.68. The Kier molecular flexibility index (Phi) is 4.44. The highest BCUT2D eigenvalue weighted by Crippen LogP contribution is 2.34. The molecule has 0 saturated heterocycles. The fourth-order valence-corrected chi connectivity index (χ4v) is 3.34. The fraction of sp³-hybridized carbons (Fsp3) is 0.182.